The van der Waals surface area contributed by atoms with Gasteiger partial charge in [-0.2, -0.15) is 0 Å². The molecule has 0 aliphatic heterocycles. The third-order valence-corrected chi connectivity index (χ3v) is 2.75. The largest absolute Gasteiger partial charge is 0.366 e. The van der Waals surface area contributed by atoms with Crippen molar-refractivity contribution < 1.29 is 4.79 Å². The maximum absolute atomic E-state index is 10.9. The van der Waals surface area contributed by atoms with Crippen LogP contribution in [0.5, 0.6) is 0 Å². The molecule has 18 heavy (non-hydrogen) atoms. The summed E-state index contributed by atoms with van der Waals surface area (Å²) >= 11 is 6.00. The van der Waals surface area contributed by atoms with Gasteiger partial charge in [0.05, 0.1) is 5.69 Å². The maximum atomic E-state index is 10.9. The van der Waals surface area contributed by atoms with E-state index in [1.54, 1.807) is 36.5 Å². The second kappa shape index (κ2) is 5.47. The van der Waals surface area contributed by atoms with Gasteiger partial charge in [0, 0.05) is 22.4 Å². The van der Waals surface area contributed by atoms with Gasteiger partial charge >= 0.3 is 0 Å². The summed E-state index contributed by atoms with van der Waals surface area (Å²) in [5.74, 6) is -0.448. The van der Waals surface area contributed by atoms with Crippen molar-refractivity contribution in [2.45, 2.75) is 0 Å². The zero-order valence-electron chi connectivity index (χ0n) is 9.51. The lowest BCUT2D eigenvalue weighted by atomic mass is 10.2. The molecule has 0 aromatic heterocycles. The fourth-order valence-corrected chi connectivity index (χ4v) is 1.62. The number of rotatable bonds is 3. The number of nitrogens with two attached hydrogens (primary N) is 1. The van der Waals surface area contributed by atoms with Gasteiger partial charge in [-0.05, 0) is 30.3 Å². The summed E-state index contributed by atoms with van der Waals surface area (Å²) in [5, 5.41) is 0.648. The summed E-state index contributed by atoms with van der Waals surface area (Å²) < 4.78 is 0. The zero-order chi connectivity index (χ0) is 13.0. The van der Waals surface area contributed by atoms with Crippen LogP contribution in [0.2, 0.25) is 5.02 Å². The van der Waals surface area contributed by atoms with E-state index in [0.29, 0.717) is 10.6 Å². The first-order valence-corrected chi connectivity index (χ1v) is 5.73. The summed E-state index contributed by atoms with van der Waals surface area (Å²) in [6, 6.07) is 14.2. The van der Waals surface area contributed by atoms with Crippen molar-refractivity contribution in [1.29, 1.82) is 0 Å². The maximum Gasteiger partial charge on any atom is 0.248 e. The van der Waals surface area contributed by atoms with Gasteiger partial charge in [0.2, 0.25) is 5.91 Å². The van der Waals surface area contributed by atoms with Crippen LogP contribution in [0.4, 0.5) is 5.69 Å². The molecule has 4 heteroatoms. The van der Waals surface area contributed by atoms with Gasteiger partial charge in [-0.25, -0.2) is 0 Å². The number of carbonyl (C=O) groups is 1. The summed E-state index contributed by atoms with van der Waals surface area (Å²) in [4.78, 5) is 15.2. The Balaban J connectivity index is 2.19. The fraction of sp³-hybridized carbons (Fsp3) is 0. The van der Waals surface area contributed by atoms with Crippen LogP contribution >= 0.6 is 11.6 Å². The number of benzene rings is 2. The molecular weight excluding hydrogens is 248 g/mol. The number of hydrogen-bond donors (Lipinski definition) is 1. The highest BCUT2D eigenvalue weighted by Crippen LogP contribution is 2.16. The lowest BCUT2D eigenvalue weighted by Crippen LogP contribution is -2.10. The highest BCUT2D eigenvalue weighted by Gasteiger charge is 1.99. The van der Waals surface area contributed by atoms with Crippen LogP contribution in [0, 0.1) is 0 Å². The molecule has 0 spiro atoms. The SMILES string of the molecule is NC(=O)c1ccc(N=Cc2ccccc2Cl)cc1. The van der Waals surface area contributed by atoms with Crippen LogP contribution in [-0.4, -0.2) is 12.1 Å². The predicted octanol–water partition coefficient (Wildman–Crippen LogP) is 3.19. The lowest BCUT2D eigenvalue weighted by Gasteiger charge is -1.98. The highest BCUT2D eigenvalue weighted by atomic mass is 35.5. The van der Waals surface area contributed by atoms with Gasteiger partial charge in [0.25, 0.3) is 0 Å². The molecule has 3 nitrogen and oxygen atoms in total. The van der Waals surface area contributed by atoms with E-state index in [1.807, 2.05) is 18.2 Å². The number of primary amides is 1. The van der Waals surface area contributed by atoms with E-state index >= 15 is 0 Å². The number of carbonyl (C=O) groups excluding carboxylic acids is 1. The Kier molecular flexibility index (Phi) is 3.75. The molecule has 0 bridgehead atoms. The fourth-order valence-electron chi connectivity index (χ4n) is 1.44. The standard InChI is InChI=1S/C14H11ClN2O/c15-13-4-2-1-3-11(13)9-17-12-7-5-10(6-8-12)14(16)18/h1-9H,(H2,16,18). The van der Waals surface area contributed by atoms with Crippen LogP contribution in [0.25, 0.3) is 0 Å². The van der Waals surface area contributed by atoms with Crippen molar-refractivity contribution in [2.24, 2.45) is 10.7 Å². The van der Waals surface area contributed by atoms with Crippen molar-refractivity contribution in [3.05, 3.63) is 64.7 Å². The van der Waals surface area contributed by atoms with Crippen molar-refractivity contribution in [2.75, 3.05) is 0 Å². The molecule has 2 aromatic rings. The summed E-state index contributed by atoms with van der Waals surface area (Å²) in [5.41, 5.74) is 7.20. The molecule has 0 aliphatic carbocycles. The summed E-state index contributed by atoms with van der Waals surface area (Å²) in [7, 11) is 0. The van der Waals surface area contributed by atoms with E-state index in [4.69, 9.17) is 17.3 Å². The van der Waals surface area contributed by atoms with Gasteiger partial charge in [0.1, 0.15) is 0 Å². The molecule has 0 fully saturated rings. The Morgan fingerprint density at radius 1 is 1.11 bits per heavy atom. The van der Waals surface area contributed by atoms with Crippen LogP contribution < -0.4 is 5.73 Å². The van der Waals surface area contributed by atoms with E-state index in [2.05, 4.69) is 4.99 Å². The average molecular weight is 259 g/mol. The quantitative estimate of drug-likeness (QED) is 0.845. The topological polar surface area (TPSA) is 55.5 Å². The van der Waals surface area contributed by atoms with Crippen molar-refractivity contribution in [3.8, 4) is 0 Å². The Bertz CT molecular complexity index is 591. The highest BCUT2D eigenvalue weighted by molar-refractivity contribution is 6.33. The number of nitrogens with zero attached hydrogens (tertiary/aromatic N) is 1. The molecule has 90 valence electrons. The van der Waals surface area contributed by atoms with E-state index < -0.39 is 5.91 Å². The van der Waals surface area contributed by atoms with E-state index in [0.717, 1.165) is 11.3 Å². The first kappa shape index (κ1) is 12.3. The van der Waals surface area contributed by atoms with Crippen LogP contribution in [0.15, 0.2) is 53.5 Å². The van der Waals surface area contributed by atoms with Crippen molar-refractivity contribution in [3.63, 3.8) is 0 Å². The van der Waals surface area contributed by atoms with Crippen LogP contribution in [0.3, 0.4) is 0 Å². The number of aliphatic imine (C=N–C) groups is 1. The number of hydrogen-bond acceptors (Lipinski definition) is 2. The molecule has 2 N–H and O–H groups in total. The second-order valence-electron chi connectivity index (χ2n) is 3.69. The predicted molar refractivity (Wildman–Crippen MR) is 73.7 cm³/mol. The average Bonchev–Trinajstić information content (AvgIpc) is 2.38. The zero-order valence-corrected chi connectivity index (χ0v) is 10.3. The summed E-state index contributed by atoms with van der Waals surface area (Å²) in [6.07, 6.45) is 1.68. The molecule has 2 rings (SSSR count). The monoisotopic (exact) mass is 258 g/mol. The minimum absolute atomic E-state index is 0.448. The number of halogens is 1. The lowest BCUT2D eigenvalue weighted by molar-refractivity contribution is 0.100. The molecule has 0 heterocycles. The van der Waals surface area contributed by atoms with E-state index in [9.17, 15) is 4.79 Å². The van der Waals surface area contributed by atoms with Gasteiger partial charge in [-0.3, -0.25) is 9.79 Å². The normalized spacial score (nSPS) is 10.7. The summed E-state index contributed by atoms with van der Waals surface area (Å²) in [6.45, 7) is 0. The molecule has 0 saturated carbocycles. The molecule has 0 saturated heterocycles. The molecular formula is C14H11ClN2O. The smallest absolute Gasteiger partial charge is 0.248 e. The Hall–Kier alpha value is -2.13. The van der Waals surface area contributed by atoms with Gasteiger partial charge < -0.3 is 5.73 Å². The molecule has 0 aliphatic rings. The molecule has 0 atom stereocenters. The van der Waals surface area contributed by atoms with Gasteiger partial charge in [-0.15, -0.1) is 0 Å². The first-order valence-electron chi connectivity index (χ1n) is 5.35. The molecule has 1 amide bonds. The van der Waals surface area contributed by atoms with Gasteiger partial charge in [-0.1, -0.05) is 29.8 Å². The Labute approximate surface area is 110 Å². The molecule has 0 radical (unpaired) electrons. The third-order valence-electron chi connectivity index (χ3n) is 2.41. The van der Waals surface area contributed by atoms with Crippen LogP contribution in [-0.2, 0) is 0 Å². The minimum atomic E-state index is -0.448. The Morgan fingerprint density at radius 3 is 2.39 bits per heavy atom. The van der Waals surface area contributed by atoms with Crippen LogP contribution in [0.1, 0.15) is 15.9 Å². The molecule has 2 aromatic carbocycles. The third kappa shape index (κ3) is 2.96. The first-order chi connectivity index (χ1) is 8.66. The van der Waals surface area contributed by atoms with Crippen molar-refractivity contribution >= 4 is 29.4 Å². The minimum Gasteiger partial charge on any atom is -0.366 e. The number of amides is 1. The van der Waals surface area contributed by atoms with Crippen molar-refractivity contribution in [1.82, 2.24) is 0 Å². The Morgan fingerprint density at radius 2 is 1.78 bits per heavy atom. The second-order valence-corrected chi connectivity index (χ2v) is 4.10. The van der Waals surface area contributed by atoms with E-state index in [1.165, 1.54) is 0 Å². The van der Waals surface area contributed by atoms with Gasteiger partial charge in [0.15, 0.2) is 0 Å². The molecule has 0 unspecified atom stereocenters. The van der Waals surface area contributed by atoms with E-state index in [-0.39, 0.29) is 0 Å².